The monoisotopic (exact) mass is 420 g/mol. The van der Waals surface area contributed by atoms with Gasteiger partial charge in [-0.3, -0.25) is 9.80 Å². The third-order valence-corrected chi connectivity index (χ3v) is 4.91. The maximum Gasteiger partial charge on any atom is 0.414 e. The predicted octanol–water partition coefficient (Wildman–Crippen LogP) is 2.82. The molecule has 3 rings (SSSR count). The molecule has 0 bridgehead atoms. The molecule has 1 aliphatic heterocycles. The highest BCUT2D eigenvalue weighted by molar-refractivity contribution is 6.31. The van der Waals surface area contributed by atoms with Gasteiger partial charge in [0.05, 0.1) is 7.11 Å². The van der Waals surface area contributed by atoms with Crippen molar-refractivity contribution in [2.24, 2.45) is 0 Å². The summed E-state index contributed by atoms with van der Waals surface area (Å²) in [6, 6.07) is 16.5. The van der Waals surface area contributed by atoms with Crippen molar-refractivity contribution >= 4 is 23.5 Å². The molecular formula is C21H25ClN2O5. The Hall–Kier alpha value is -2.61. The van der Waals surface area contributed by atoms with Gasteiger partial charge in [-0.25, -0.2) is 9.59 Å². The van der Waals surface area contributed by atoms with Crippen molar-refractivity contribution in [3.05, 3.63) is 64.7 Å². The second kappa shape index (κ2) is 11.4. The number of halogens is 1. The molecule has 2 N–H and O–H groups in total. The molecule has 0 unspecified atom stereocenters. The number of carbonyl (C=O) groups is 2. The van der Waals surface area contributed by atoms with E-state index in [0.717, 1.165) is 50.0 Å². The highest BCUT2D eigenvalue weighted by Gasteiger charge is 2.17. The molecule has 156 valence electrons. The molecule has 7 nitrogen and oxygen atoms in total. The van der Waals surface area contributed by atoms with E-state index in [1.54, 1.807) is 7.11 Å². The Balaban J connectivity index is 0.000000438. The van der Waals surface area contributed by atoms with Crippen molar-refractivity contribution in [2.45, 2.75) is 13.1 Å². The van der Waals surface area contributed by atoms with Gasteiger partial charge in [0.1, 0.15) is 5.75 Å². The Morgan fingerprint density at radius 3 is 2.07 bits per heavy atom. The summed E-state index contributed by atoms with van der Waals surface area (Å²) < 4.78 is 5.30. The number of benzene rings is 2. The maximum atomic E-state index is 9.10. The summed E-state index contributed by atoms with van der Waals surface area (Å²) in [6.45, 7) is 6.25. The van der Waals surface area contributed by atoms with Crippen LogP contribution in [-0.2, 0) is 22.7 Å². The zero-order chi connectivity index (χ0) is 21.2. The number of carboxylic acid groups (broad SMARTS) is 2. The van der Waals surface area contributed by atoms with Crippen LogP contribution in [0.25, 0.3) is 0 Å². The number of piperazine rings is 1. The van der Waals surface area contributed by atoms with Crippen molar-refractivity contribution in [1.82, 2.24) is 9.80 Å². The lowest BCUT2D eigenvalue weighted by Crippen LogP contribution is -2.45. The second-order valence-corrected chi connectivity index (χ2v) is 7.01. The highest BCUT2D eigenvalue weighted by Crippen LogP contribution is 2.19. The van der Waals surface area contributed by atoms with Crippen LogP contribution < -0.4 is 4.74 Å². The lowest BCUT2D eigenvalue weighted by atomic mass is 10.1. The van der Waals surface area contributed by atoms with Gasteiger partial charge in [0.15, 0.2) is 0 Å². The van der Waals surface area contributed by atoms with Gasteiger partial charge in [-0.1, -0.05) is 41.9 Å². The smallest absolute Gasteiger partial charge is 0.414 e. The topological polar surface area (TPSA) is 90.3 Å². The number of nitrogens with zero attached hydrogens (tertiary/aromatic N) is 2. The van der Waals surface area contributed by atoms with Gasteiger partial charge in [0.2, 0.25) is 0 Å². The minimum atomic E-state index is -1.82. The van der Waals surface area contributed by atoms with Crippen molar-refractivity contribution in [3.63, 3.8) is 0 Å². The summed E-state index contributed by atoms with van der Waals surface area (Å²) in [4.78, 5) is 23.2. The van der Waals surface area contributed by atoms with Crippen LogP contribution >= 0.6 is 11.6 Å². The molecule has 0 spiro atoms. The quantitative estimate of drug-likeness (QED) is 0.719. The van der Waals surface area contributed by atoms with Crippen LogP contribution in [0.4, 0.5) is 0 Å². The van der Waals surface area contributed by atoms with Crippen molar-refractivity contribution in [2.75, 3.05) is 33.3 Å². The predicted molar refractivity (Wildman–Crippen MR) is 110 cm³/mol. The fourth-order valence-corrected chi connectivity index (χ4v) is 3.20. The summed E-state index contributed by atoms with van der Waals surface area (Å²) in [5.74, 6) is -2.72. The Kier molecular flexibility index (Phi) is 8.92. The molecule has 1 aliphatic rings. The summed E-state index contributed by atoms with van der Waals surface area (Å²) in [5.41, 5.74) is 2.53. The van der Waals surface area contributed by atoms with Gasteiger partial charge in [0, 0.05) is 44.3 Å². The van der Waals surface area contributed by atoms with Crippen LogP contribution in [0, 0.1) is 0 Å². The normalized spacial score (nSPS) is 14.6. The van der Waals surface area contributed by atoms with E-state index in [9.17, 15) is 0 Å². The molecule has 1 fully saturated rings. The standard InChI is InChI=1S/C19H23ClN2O.C2H2O4/c1-23-18-7-4-5-16(13-18)14-21-9-11-22(12-10-21)15-17-6-2-3-8-19(17)20;3-1(4)2(5)6/h2-8,13H,9-12,14-15H2,1H3;(H,3,4)(H,5,6). The first-order valence-corrected chi connectivity index (χ1v) is 9.54. The van der Waals surface area contributed by atoms with Gasteiger partial charge in [0.25, 0.3) is 0 Å². The number of hydrogen-bond acceptors (Lipinski definition) is 5. The molecule has 1 heterocycles. The molecule has 0 aliphatic carbocycles. The van der Waals surface area contributed by atoms with Crippen molar-refractivity contribution in [1.29, 1.82) is 0 Å². The number of ether oxygens (including phenoxy) is 1. The lowest BCUT2D eigenvalue weighted by molar-refractivity contribution is -0.159. The third-order valence-electron chi connectivity index (χ3n) is 4.54. The molecule has 2 aromatic rings. The van der Waals surface area contributed by atoms with Crippen LogP contribution in [0.2, 0.25) is 5.02 Å². The summed E-state index contributed by atoms with van der Waals surface area (Å²) in [7, 11) is 1.71. The first kappa shape index (κ1) is 22.7. The SMILES string of the molecule is COc1cccc(CN2CCN(Cc3ccccc3Cl)CC2)c1.O=C(O)C(=O)O. The molecule has 0 radical (unpaired) electrons. The Morgan fingerprint density at radius 1 is 0.931 bits per heavy atom. The first-order chi connectivity index (χ1) is 13.9. The maximum absolute atomic E-state index is 9.10. The Labute approximate surface area is 175 Å². The zero-order valence-electron chi connectivity index (χ0n) is 16.3. The summed E-state index contributed by atoms with van der Waals surface area (Å²) >= 11 is 6.26. The van der Waals surface area contributed by atoms with E-state index >= 15 is 0 Å². The van der Waals surface area contributed by atoms with Gasteiger partial charge in [-0.2, -0.15) is 0 Å². The number of methoxy groups -OCH3 is 1. The fourth-order valence-electron chi connectivity index (χ4n) is 3.00. The Morgan fingerprint density at radius 2 is 1.52 bits per heavy atom. The van der Waals surface area contributed by atoms with E-state index < -0.39 is 11.9 Å². The van der Waals surface area contributed by atoms with E-state index in [0.29, 0.717) is 0 Å². The van der Waals surface area contributed by atoms with Crippen molar-refractivity contribution in [3.8, 4) is 5.75 Å². The van der Waals surface area contributed by atoms with E-state index in [-0.39, 0.29) is 0 Å². The van der Waals surface area contributed by atoms with E-state index in [1.807, 2.05) is 18.2 Å². The van der Waals surface area contributed by atoms with Gasteiger partial charge < -0.3 is 14.9 Å². The second-order valence-electron chi connectivity index (χ2n) is 6.61. The number of hydrogen-bond donors (Lipinski definition) is 2. The average molecular weight is 421 g/mol. The fraction of sp³-hybridized carbons (Fsp3) is 0.333. The van der Waals surface area contributed by atoms with Gasteiger partial charge in [-0.15, -0.1) is 0 Å². The summed E-state index contributed by atoms with van der Waals surface area (Å²) in [6.07, 6.45) is 0. The van der Waals surface area contributed by atoms with E-state index in [4.69, 9.17) is 36.1 Å². The van der Waals surface area contributed by atoms with Gasteiger partial charge in [-0.05, 0) is 29.3 Å². The van der Waals surface area contributed by atoms with Gasteiger partial charge >= 0.3 is 11.9 Å². The summed E-state index contributed by atoms with van der Waals surface area (Å²) in [5, 5.41) is 15.6. The molecule has 29 heavy (non-hydrogen) atoms. The van der Waals surface area contributed by atoms with Crippen LogP contribution in [0.5, 0.6) is 5.75 Å². The van der Waals surface area contributed by atoms with E-state index in [2.05, 4.69) is 40.1 Å². The minimum Gasteiger partial charge on any atom is -0.497 e. The van der Waals surface area contributed by atoms with Crippen LogP contribution in [0.1, 0.15) is 11.1 Å². The molecule has 0 atom stereocenters. The number of rotatable bonds is 5. The molecule has 0 aromatic heterocycles. The molecule has 2 aromatic carbocycles. The highest BCUT2D eigenvalue weighted by atomic mass is 35.5. The number of carboxylic acids is 2. The third kappa shape index (κ3) is 7.73. The first-order valence-electron chi connectivity index (χ1n) is 9.16. The molecule has 8 heteroatoms. The minimum absolute atomic E-state index is 0.867. The molecule has 1 saturated heterocycles. The Bertz CT molecular complexity index is 810. The average Bonchev–Trinajstić information content (AvgIpc) is 2.72. The van der Waals surface area contributed by atoms with Crippen molar-refractivity contribution < 1.29 is 24.5 Å². The zero-order valence-corrected chi connectivity index (χ0v) is 17.0. The molecule has 0 amide bonds. The molecular weight excluding hydrogens is 396 g/mol. The van der Waals surface area contributed by atoms with Crippen LogP contribution in [0.15, 0.2) is 48.5 Å². The molecule has 0 saturated carbocycles. The van der Waals surface area contributed by atoms with E-state index in [1.165, 1.54) is 11.1 Å². The van der Waals surface area contributed by atoms with Crippen LogP contribution in [0.3, 0.4) is 0 Å². The van der Waals surface area contributed by atoms with Crippen LogP contribution in [-0.4, -0.2) is 65.2 Å². The number of aliphatic carboxylic acids is 2. The lowest BCUT2D eigenvalue weighted by Gasteiger charge is -2.34. The largest absolute Gasteiger partial charge is 0.497 e.